The first-order valence-electron chi connectivity index (χ1n) is 6.06. The second-order valence-corrected chi connectivity index (χ2v) is 4.81. The van der Waals surface area contributed by atoms with E-state index in [1.54, 1.807) is 6.92 Å². The van der Waals surface area contributed by atoms with Crippen LogP contribution in [0, 0.1) is 5.82 Å². The van der Waals surface area contributed by atoms with Crippen molar-refractivity contribution >= 4 is 34.8 Å². The minimum Gasteiger partial charge on any atom is -0.492 e. The number of amides is 1. The van der Waals surface area contributed by atoms with Crippen LogP contribution in [0.4, 0.5) is 10.1 Å². The van der Waals surface area contributed by atoms with Gasteiger partial charge in [0.2, 0.25) is 0 Å². The van der Waals surface area contributed by atoms with E-state index in [2.05, 4.69) is 10.3 Å². The summed E-state index contributed by atoms with van der Waals surface area (Å²) in [5.74, 6) is -0.708. The van der Waals surface area contributed by atoms with Crippen molar-refractivity contribution in [3.63, 3.8) is 0 Å². The standard InChI is InChI=1S/C14H11Cl2FN2O2/c1-2-21-12-5-8(17)3-4-11(12)19-14(20)9-6-13(16)18-7-10(9)15/h3-7H,2H2,1H3,(H,19,20). The molecule has 0 fully saturated rings. The Hall–Kier alpha value is -1.85. The third-order valence-electron chi connectivity index (χ3n) is 2.56. The van der Waals surface area contributed by atoms with Crippen LogP contribution in [0.2, 0.25) is 10.2 Å². The lowest BCUT2D eigenvalue weighted by molar-refractivity contribution is 0.102. The summed E-state index contributed by atoms with van der Waals surface area (Å²) in [6.45, 7) is 2.10. The molecular weight excluding hydrogens is 318 g/mol. The highest BCUT2D eigenvalue weighted by Crippen LogP contribution is 2.27. The molecule has 1 N–H and O–H groups in total. The number of nitrogens with zero attached hydrogens (tertiary/aromatic N) is 1. The fourth-order valence-corrected chi connectivity index (χ4v) is 2.00. The van der Waals surface area contributed by atoms with Crippen molar-refractivity contribution in [1.29, 1.82) is 0 Å². The molecule has 0 bridgehead atoms. The largest absolute Gasteiger partial charge is 0.492 e. The Morgan fingerprint density at radius 1 is 1.38 bits per heavy atom. The number of benzene rings is 1. The number of anilines is 1. The van der Waals surface area contributed by atoms with Crippen LogP contribution in [-0.2, 0) is 0 Å². The quantitative estimate of drug-likeness (QED) is 0.856. The Kier molecular flexibility index (Phi) is 4.98. The Labute approximate surface area is 130 Å². The van der Waals surface area contributed by atoms with Crippen LogP contribution in [-0.4, -0.2) is 17.5 Å². The molecule has 2 rings (SSSR count). The molecule has 1 heterocycles. The Morgan fingerprint density at radius 2 is 2.14 bits per heavy atom. The van der Waals surface area contributed by atoms with Gasteiger partial charge in [0.25, 0.3) is 5.91 Å². The summed E-state index contributed by atoms with van der Waals surface area (Å²) in [6, 6.07) is 5.18. The molecule has 0 spiro atoms. The summed E-state index contributed by atoms with van der Waals surface area (Å²) in [4.78, 5) is 16.0. The number of ether oxygens (including phenoxy) is 1. The van der Waals surface area contributed by atoms with E-state index in [1.807, 2.05) is 0 Å². The van der Waals surface area contributed by atoms with Crippen molar-refractivity contribution in [2.24, 2.45) is 0 Å². The van der Waals surface area contributed by atoms with Crippen LogP contribution in [0.25, 0.3) is 0 Å². The van der Waals surface area contributed by atoms with Crippen molar-refractivity contribution in [3.8, 4) is 5.75 Å². The lowest BCUT2D eigenvalue weighted by Crippen LogP contribution is -2.14. The first-order chi connectivity index (χ1) is 10.0. The highest BCUT2D eigenvalue weighted by atomic mass is 35.5. The van der Waals surface area contributed by atoms with Gasteiger partial charge in [-0.25, -0.2) is 9.37 Å². The van der Waals surface area contributed by atoms with E-state index >= 15 is 0 Å². The molecule has 0 saturated heterocycles. The molecule has 0 aliphatic carbocycles. The molecule has 0 aliphatic heterocycles. The Morgan fingerprint density at radius 3 is 2.86 bits per heavy atom. The number of rotatable bonds is 4. The number of hydrogen-bond donors (Lipinski definition) is 1. The second kappa shape index (κ2) is 6.74. The van der Waals surface area contributed by atoms with Gasteiger partial charge in [-0.15, -0.1) is 0 Å². The van der Waals surface area contributed by atoms with Gasteiger partial charge in [0.15, 0.2) is 0 Å². The van der Waals surface area contributed by atoms with Crippen LogP contribution in [0.15, 0.2) is 30.5 Å². The van der Waals surface area contributed by atoms with Crippen molar-refractivity contribution in [2.75, 3.05) is 11.9 Å². The maximum absolute atomic E-state index is 13.2. The van der Waals surface area contributed by atoms with E-state index in [0.29, 0.717) is 12.3 Å². The molecule has 110 valence electrons. The molecule has 4 nitrogen and oxygen atoms in total. The Balaban J connectivity index is 2.29. The van der Waals surface area contributed by atoms with Crippen molar-refractivity contribution in [2.45, 2.75) is 6.92 Å². The van der Waals surface area contributed by atoms with Gasteiger partial charge in [-0.3, -0.25) is 4.79 Å². The van der Waals surface area contributed by atoms with Crippen molar-refractivity contribution < 1.29 is 13.9 Å². The molecule has 2 aromatic rings. The number of pyridine rings is 1. The summed E-state index contributed by atoms with van der Waals surface area (Å²) >= 11 is 11.7. The van der Waals surface area contributed by atoms with Crippen LogP contribution >= 0.6 is 23.2 Å². The number of hydrogen-bond acceptors (Lipinski definition) is 3. The zero-order chi connectivity index (χ0) is 15.4. The molecular formula is C14H11Cl2FN2O2. The van der Waals surface area contributed by atoms with Gasteiger partial charge in [0.05, 0.1) is 22.9 Å². The molecule has 0 aliphatic rings. The molecule has 0 atom stereocenters. The molecule has 0 saturated carbocycles. The lowest BCUT2D eigenvalue weighted by atomic mass is 10.2. The molecule has 1 amide bonds. The van der Waals surface area contributed by atoms with E-state index in [1.165, 1.54) is 30.5 Å². The van der Waals surface area contributed by atoms with Crippen molar-refractivity contribution in [3.05, 3.63) is 52.0 Å². The predicted octanol–water partition coefficient (Wildman–Crippen LogP) is 4.18. The zero-order valence-electron chi connectivity index (χ0n) is 11.0. The summed E-state index contributed by atoms with van der Waals surface area (Å²) in [7, 11) is 0. The van der Waals surface area contributed by atoms with Crippen LogP contribution < -0.4 is 10.1 Å². The lowest BCUT2D eigenvalue weighted by Gasteiger charge is -2.12. The van der Waals surface area contributed by atoms with E-state index in [-0.39, 0.29) is 21.5 Å². The zero-order valence-corrected chi connectivity index (χ0v) is 12.5. The van der Waals surface area contributed by atoms with Gasteiger partial charge in [0.1, 0.15) is 16.7 Å². The summed E-state index contributed by atoms with van der Waals surface area (Å²) in [6.07, 6.45) is 1.28. The van der Waals surface area contributed by atoms with Gasteiger partial charge in [0, 0.05) is 12.3 Å². The van der Waals surface area contributed by atoms with Gasteiger partial charge in [-0.2, -0.15) is 0 Å². The predicted molar refractivity (Wildman–Crippen MR) is 79.8 cm³/mol. The average Bonchev–Trinajstić information content (AvgIpc) is 2.44. The molecule has 1 aromatic carbocycles. The molecule has 0 unspecified atom stereocenters. The number of nitrogens with one attached hydrogen (secondary N) is 1. The summed E-state index contributed by atoms with van der Waals surface area (Å²) in [5.41, 5.74) is 0.510. The fraction of sp³-hybridized carbons (Fsp3) is 0.143. The van der Waals surface area contributed by atoms with Gasteiger partial charge < -0.3 is 10.1 Å². The number of aromatic nitrogens is 1. The highest BCUT2D eigenvalue weighted by molar-refractivity contribution is 6.35. The van der Waals surface area contributed by atoms with Gasteiger partial charge in [-0.1, -0.05) is 23.2 Å². The fourth-order valence-electron chi connectivity index (χ4n) is 1.65. The monoisotopic (exact) mass is 328 g/mol. The SMILES string of the molecule is CCOc1cc(F)ccc1NC(=O)c1cc(Cl)ncc1Cl. The Bertz CT molecular complexity index is 680. The third kappa shape index (κ3) is 3.83. The van der Waals surface area contributed by atoms with E-state index < -0.39 is 11.7 Å². The van der Waals surface area contributed by atoms with Gasteiger partial charge in [-0.05, 0) is 25.1 Å². The average molecular weight is 329 g/mol. The first-order valence-corrected chi connectivity index (χ1v) is 6.81. The second-order valence-electron chi connectivity index (χ2n) is 4.01. The van der Waals surface area contributed by atoms with Crippen LogP contribution in [0.5, 0.6) is 5.75 Å². The van der Waals surface area contributed by atoms with Crippen molar-refractivity contribution in [1.82, 2.24) is 4.98 Å². The number of carbonyl (C=O) groups excluding carboxylic acids is 1. The molecule has 7 heteroatoms. The van der Waals surface area contributed by atoms with Crippen LogP contribution in [0.3, 0.4) is 0 Å². The normalized spacial score (nSPS) is 10.3. The maximum Gasteiger partial charge on any atom is 0.257 e. The summed E-state index contributed by atoms with van der Waals surface area (Å²) in [5, 5.41) is 2.92. The van der Waals surface area contributed by atoms with Crippen LogP contribution in [0.1, 0.15) is 17.3 Å². The maximum atomic E-state index is 13.2. The summed E-state index contributed by atoms with van der Waals surface area (Å²) < 4.78 is 18.5. The minimum atomic E-state index is -0.489. The first kappa shape index (κ1) is 15.5. The minimum absolute atomic E-state index is 0.147. The highest BCUT2D eigenvalue weighted by Gasteiger charge is 2.14. The third-order valence-corrected chi connectivity index (χ3v) is 3.07. The van der Waals surface area contributed by atoms with E-state index in [9.17, 15) is 9.18 Å². The number of halogens is 3. The van der Waals surface area contributed by atoms with E-state index in [4.69, 9.17) is 27.9 Å². The van der Waals surface area contributed by atoms with Gasteiger partial charge >= 0.3 is 0 Å². The molecule has 0 radical (unpaired) electrons. The topological polar surface area (TPSA) is 51.2 Å². The molecule has 21 heavy (non-hydrogen) atoms. The van der Waals surface area contributed by atoms with E-state index in [0.717, 1.165) is 0 Å². The number of carbonyl (C=O) groups is 1. The molecule has 1 aromatic heterocycles. The smallest absolute Gasteiger partial charge is 0.257 e.